The van der Waals surface area contributed by atoms with Gasteiger partial charge in [-0.15, -0.1) is 0 Å². The van der Waals surface area contributed by atoms with E-state index in [0.717, 1.165) is 17.5 Å². The van der Waals surface area contributed by atoms with Crippen LogP contribution in [0.2, 0.25) is 0 Å². The molecule has 2 aromatic rings. The van der Waals surface area contributed by atoms with E-state index in [-0.39, 0.29) is 29.9 Å². The highest BCUT2D eigenvalue weighted by Gasteiger charge is 2.40. The van der Waals surface area contributed by atoms with Crippen LogP contribution in [0.4, 0.5) is 15.3 Å². The number of alkyl carbamates (subject to hydrolysis) is 1. The minimum atomic E-state index is -1.09. The van der Waals surface area contributed by atoms with Crippen LogP contribution in [0.15, 0.2) is 42.5 Å². The van der Waals surface area contributed by atoms with Gasteiger partial charge >= 0.3 is 18.2 Å². The van der Waals surface area contributed by atoms with Gasteiger partial charge in [0.15, 0.2) is 0 Å². The zero-order valence-electron chi connectivity index (χ0n) is 19.0. The molecule has 176 valence electrons. The number of carboxylic acids is 1. The first-order chi connectivity index (χ1) is 15.6. The third-order valence-electron chi connectivity index (χ3n) is 4.96. The van der Waals surface area contributed by atoms with Gasteiger partial charge in [-0.1, -0.05) is 24.3 Å². The number of rotatable bonds is 7. The number of ether oxygens (including phenoxy) is 3. The van der Waals surface area contributed by atoms with Crippen LogP contribution in [0.5, 0.6) is 5.75 Å². The summed E-state index contributed by atoms with van der Waals surface area (Å²) < 4.78 is 15.7. The second-order valence-electron chi connectivity index (χ2n) is 8.76. The van der Waals surface area contributed by atoms with Crippen LogP contribution >= 0.6 is 0 Å². The molecule has 0 unspecified atom stereocenters. The van der Waals surface area contributed by atoms with E-state index < -0.39 is 23.8 Å². The summed E-state index contributed by atoms with van der Waals surface area (Å²) in [6, 6.07) is 11.8. The molecule has 0 saturated heterocycles. The van der Waals surface area contributed by atoms with E-state index in [4.69, 9.17) is 19.3 Å². The maximum absolute atomic E-state index is 12.1. The van der Waals surface area contributed by atoms with Gasteiger partial charge < -0.3 is 24.6 Å². The zero-order chi connectivity index (χ0) is 24.2. The average Bonchev–Trinajstić information content (AvgIpc) is 3.50. The largest absolute Gasteiger partial charge is 0.495 e. The second kappa shape index (κ2) is 9.81. The number of benzene rings is 2. The van der Waals surface area contributed by atoms with E-state index in [1.165, 1.54) is 25.3 Å². The minimum Gasteiger partial charge on any atom is -0.495 e. The van der Waals surface area contributed by atoms with Crippen molar-refractivity contribution in [1.29, 1.82) is 0 Å². The number of carboxylic acid groups (broad SMARTS) is 1. The standard InChI is InChI=1S/C24H28N2O7/c1-24(2,3)33-23(30)26-19-12-17(19)15-7-5-14(6-8-15)13-32-22(29)25-18-10-9-16(21(27)28)11-20(18)31-4/h5-11,17,19H,12-13H2,1-4H3,(H,25,29)(H,26,30)(H,27,28)/t17-,19+/m1/s1. The fourth-order valence-electron chi connectivity index (χ4n) is 3.27. The van der Waals surface area contributed by atoms with Gasteiger partial charge in [0, 0.05) is 12.0 Å². The van der Waals surface area contributed by atoms with Crippen LogP contribution in [-0.2, 0) is 16.1 Å². The van der Waals surface area contributed by atoms with Gasteiger partial charge in [-0.2, -0.15) is 0 Å². The topological polar surface area (TPSA) is 123 Å². The Morgan fingerprint density at radius 1 is 1.06 bits per heavy atom. The molecule has 9 nitrogen and oxygen atoms in total. The van der Waals surface area contributed by atoms with Crippen molar-refractivity contribution >= 4 is 23.8 Å². The van der Waals surface area contributed by atoms with Crippen molar-refractivity contribution in [2.45, 2.75) is 51.4 Å². The van der Waals surface area contributed by atoms with Crippen molar-refractivity contribution in [2.75, 3.05) is 12.4 Å². The Morgan fingerprint density at radius 3 is 2.36 bits per heavy atom. The van der Waals surface area contributed by atoms with Crippen molar-refractivity contribution < 1.29 is 33.7 Å². The van der Waals surface area contributed by atoms with E-state index in [9.17, 15) is 14.4 Å². The normalized spacial score (nSPS) is 17.0. The number of carbonyl (C=O) groups excluding carboxylic acids is 2. The highest BCUT2D eigenvalue weighted by atomic mass is 16.6. The number of anilines is 1. The Balaban J connectivity index is 1.48. The Morgan fingerprint density at radius 2 is 1.76 bits per heavy atom. The summed E-state index contributed by atoms with van der Waals surface area (Å²) in [6.07, 6.45) is -0.260. The SMILES string of the molecule is COc1cc(C(=O)O)ccc1NC(=O)OCc1ccc([C@H]2C[C@@H]2NC(=O)OC(C)(C)C)cc1. The van der Waals surface area contributed by atoms with E-state index in [2.05, 4.69) is 10.6 Å². The van der Waals surface area contributed by atoms with E-state index >= 15 is 0 Å². The first-order valence-corrected chi connectivity index (χ1v) is 10.5. The number of nitrogens with one attached hydrogen (secondary N) is 2. The minimum absolute atomic E-state index is 0.0463. The highest BCUT2D eigenvalue weighted by molar-refractivity contribution is 5.91. The van der Waals surface area contributed by atoms with Crippen molar-refractivity contribution in [3.05, 3.63) is 59.2 Å². The monoisotopic (exact) mass is 456 g/mol. The molecule has 2 atom stereocenters. The molecule has 0 spiro atoms. The van der Waals surface area contributed by atoms with Gasteiger partial charge in [-0.05, 0) is 56.5 Å². The van der Waals surface area contributed by atoms with Crippen LogP contribution in [0.25, 0.3) is 0 Å². The third-order valence-corrected chi connectivity index (χ3v) is 4.96. The van der Waals surface area contributed by atoms with E-state index in [1.54, 1.807) is 0 Å². The van der Waals surface area contributed by atoms with E-state index in [0.29, 0.717) is 5.69 Å². The molecule has 1 saturated carbocycles. The molecule has 0 heterocycles. The lowest BCUT2D eigenvalue weighted by atomic mass is 10.1. The molecule has 3 N–H and O–H groups in total. The van der Waals surface area contributed by atoms with Crippen molar-refractivity contribution in [2.24, 2.45) is 0 Å². The predicted molar refractivity (Wildman–Crippen MR) is 121 cm³/mol. The molecule has 0 bridgehead atoms. The number of aromatic carboxylic acids is 1. The Hall–Kier alpha value is -3.75. The number of hydrogen-bond acceptors (Lipinski definition) is 6. The molecule has 9 heteroatoms. The maximum atomic E-state index is 12.1. The van der Waals surface area contributed by atoms with Gasteiger partial charge in [0.2, 0.25) is 0 Å². The number of methoxy groups -OCH3 is 1. The fraction of sp³-hybridized carbons (Fsp3) is 0.375. The Bertz CT molecular complexity index is 1030. The molecule has 0 aliphatic heterocycles. The molecule has 0 aromatic heterocycles. The lowest BCUT2D eigenvalue weighted by Crippen LogP contribution is -2.34. The number of hydrogen-bond donors (Lipinski definition) is 3. The lowest BCUT2D eigenvalue weighted by molar-refractivity contribution is 0.0522. The summed E-state index contributed by atoms with van der Waals surface area (Å²) in [4.78, 5) is 35.1. The van der Waals surface area contributed by atoms with Gasteiger partial charge in [0.05, 0.1) is 18.4 Å². The summed E-state index contributed by atoms with van der Waals surface area (Å²) in [5.74, 6) is -0.642. The maximum Gasteiger partial charge on any atom is 0.412 e. The molecular weight excluding hydrogens is 428 g/mol. The molecule has 1 aliphatic carbocycles. The van der Waals surface area contributed by atoms with Gasteiger partial charge in [-0.3, -0.25) is 5.32 Å². The molecule has 2 aromatic carbocycles. The van der Waals surface area contributed by atoms with Crippen LogP contribution in [0.3, 0.4) is 0 Å². The quantitative estimate of drug-likeness (QED) is 0.559. The van der Waals surface area contributed by atoms with Crippen LogP contribution in [-0.4, -0.2) is 42.0 Å². The summed E-state index contributed by atoms with van der Waals surface area (Å²) in [6.45, 7) is 5.53. The first kappa shape index (κ1) is 23.9. The van der Waals surface area contributed by atoms with Crippen molar-refractivity contribution in [3.8, 4) is 5.75 Å². The van der Waals surface area contributed by atoms with Crippen LogP contribution < -0.4 is 15.4 Å². The lowest BCUT2D eigenvalue weighted by Gasteiger charge is -2.19. The van der Waals surface area contributed by atoms with Crippen LogP contribution in [0.1, 0.15) is 54.6 Å². The molecule has 1 fully saturated rings. The van der Waals surface area contributed by atoms with Crippen molar-refractivity contribution in [3.63, 3.8) is 0 Å². The molecule has 3 rings (SSSR count). The number of carbonyl (C=O) groups is 3. The van der Waals surface area contributed by atoms with Gasteiger partial charge in [-0.25, -0.2) is 14.4 Å². The molecule has 1 aliphatic rings. The molecule has 0 radical (unpaired) electrons. The molecule has 2 amide bonds. The predicted octanol–water partition coefficient (Wildman–Crippen LogP) is 4.52. The zero-order valence-corrected chi connectivity index (χ0v) is 19.0. The fourth-order valence-corrected chi connectivity index (χ4v) is 3.27. The molecule has 33 heavy (non-hydrogen) atoms. The summed E-state index contributed by atoms with van der Waals surface area (Å²) in [7, 11) is 1.38. The Kier molecular flexibility index (Phi) is 7.10. The van der Waals surface area contributed by atoms with E-state index in [1.807, 2.05) is 45.0 Å². The summed E-state index contributed by atoms with van der Waals surface area (Å²) in [5.41, 5.74) is 1.72. The highest BCUT2D eigenvalue weighted by Crippen LogP contribution is 2.41. The Labute approximate surface area is 192 Å². The smallest absolute Gasteiger partial charge is 0.412 e. The summed E-state index contributed by atoms with van der Waals surface area (Å²) in [5, 5.41) is 14.5. The summed E-state index contributed by atoms with van der Waals surface area (Å²) >= 11 is 0. The first-order valence-electron chi connectivity index (χ1n) is 10.5. The van der Waals surface area contributed by atoms with Gasteiger partial charge in [0.25, 0.3) is 0 Å². The molecular formula is C24H28N2O7. The third kappa shape index (κ3) is 6.86. The van der Waals surface area contributed by atoms with Crippen molar-refractivity contribution in [1.82, 2.24) is 5.32 Å². The average molecular weight is 456 g/mol. The second-order valence-corrected chi connectivity index (χ2v) is 8.76. The van der Waals surface area contributed by atoms with Gasteiger partial charge in [0.1, 0.15) is 18.0 Å². The van der Waals surface area contributed by atoms with Crippen LogP contribution in [0, 0.1) is 0 Å². The number of amides is 2.